The second-order valence-electron chi connectivity index (χ2n) is 5.01. The van der Waals surface area contributed by atoms with Crippen molar-refractivity contribution in [1.29, 1.82) is 0 Å². The van der Waals surface area contributed by atoms with Crippen LogP contribution in [0.3, 0.4) is 0 Å². The van der Waals surface area contributed by atoms with Crippen LogP contribution in [-0.4, -0.2) is 25.5 Å². The van der Waals surface area contributed by atoms with Gasteiger partial charge in [0, 0.05) is 6.04 Å². The van der Waals surface area contributed by atoms with Crippen LogP contribution >= 0.6 is 11.3 Å². The maximum atomic E-state index is 12.2. The van der Waals surface area contributed by atoms with E-state index in [9.17, 15) is 13.2 Å². The van der Waals surface area contributed by atoms with Crippen LogP contribution in [0.25, 0.3) is 0 Å². The molecule has 0 aliphatic heterocycles. The van der Waals surface area contributed by atoms with Crippen molar-refractivity contribution in [2.75, 3.05) is 0 Å². The molecule has 1 aliphatic carbocycles. The summed E-state index contributed by atoms with van der Waals surface area (Å²) in [6, 6.07) is 1.26. The molecule has 2 unspecified atom stereocenters. The topological polar surface area (TPSA) is 83.5 Å². The molecule has 2 rings (SSSR count). The molecule has 1 fully saturated rings. The second kappa shape index (κ2) is 5.60. The first kappa shape index (κ1) is 14.5. The maximum absolute atomic E-state index is 12.2. The molecule has 0 amide bonds. The van der Waals surface area contributed by atoms with Crippen molar-refractivity contribution in [2.45, 2.75) is 43.5 Å². The van der Waals surface area contributed by atoms with Gasteiger partial charge in [0.25, 0.3) is 0 Å². The first-order valence-electron chi connectivity index (χ1n) is 6.23. The van der Waals surface area contributed by atoms with E-state index >= 15 is 0 Å². The lowest BCUT2D eigenvalue weighted by atomic mass is 9.88. The van der Waals surface area contributed by atoms with Crippen molar-refractivity contribution in [3.63, 3.8) is 0 Å². The van der Waals surface area contributed by atoms with Gasteiger partial charge in [-0.2, -0.15) is 0 Å². The molecular weight excluding hydrogens is 286 g/mol. The monoisotopic (exact) mass is 303 g/mol. The number of carboxylic acid groups (broad SMARTS) is 1. The summed E-state index contributed by atoms with van der Waals surface area (Å²) in [6.45, 7) is 2.10. The van der Waals surface area contributed by atoms with Crippen molar-refractivity contribution < 1.29 is 18.3 Å². The molecule has 1 saturated carbocycles. The third-order valence-electron chi connectivity index (χ3n) is 3.37. The molecule has 5 nitrogen and oxygen atoms in total. The normalized spacial score (nSPS) is 24.3. The van der Waals surface area contributed by atoms with E-state index in [-0.39, 0.29) is 15.8 Å². The number of thiophene rings is 1. The quantitative estimate of drug-likeness (QED) is 0.894. The van der Waals surface area contributed by atoms with Crippen molar-refractivity contribution in [3.8, 4) is 0 Å². The Labute approximate surface area is 116 Å². The highest BCUT2D eigenvalue weighted by Gasteiger charge is 2.28. The van der Waals surface area contributed by atoms with E-state index < -0.39 is 16.0 Å². The highest BCUT2D eigenvalue weighted by molar-refractivity contribution is 7.89. The Morgan fingerprint density at radius 1 is 1.47 bits per heavy atom. The van der Waals surface area contributed by atoms with Crippen LogP contribution < -0.4 is 4.72 Å². The van der Waals surface area contributed by atoms with Crippen LogP contribution in [0.15, 0.2) is 16.3 Å². The van der Waals surface area contributed by atoms with Crippen molar-refractivity contribution in [3.05, 3.63) is 16.3 Å². The van der Waals surface area contributed by atoms with Gasteiger partial charge in [-0.25, -0.2) is 17.9 Å². The van der Waals surface area contributed by atoms with Crippen LogP contribution in [0.2, 0.25) is 0 Å². The zero-order valence-electron chi connectivity index (χ0n) is 10.6. The Morgan fingerprint density at radius 3 is 2.84 bits per heavy atom. The van der Waals surface area contributed by atoms with E-state index in [1.807, 2.05) is 0 Å². The van der Waals surface area contributed by atoms with Gasteiger partial charge >= 0.3 is 5.97 Å². The maximum Gasteiger partial charge on any atom is 0.347 e. The Morgan fingerprint density at radius 2 is 2.21 bits per heavy atom. The van der Waals surface area contributed by atoms with Crippen molar-refractivity contribution in [1.82, 2.24) is 4.72 Å². The van der Waals surface area contributed by atoms with Gasteiger partial charge in [0.05, 0.1) is 0 Å². The molecule has 7 heteroatoms. The van der Waals surface area contributed by atoms with Crippen LogP contribution in [0.1, 0.15) is 42.3 Å². The predicted molar refractivity (Wildman–Crippen MR) is 73.0 cm³/mol. The fourth-order valence-electron chi connectivity index (χ4n) is 2.49. The van der Waals surface area contributed by atoms with Crippen molar-refractivity contribution in [2.24, 2.45) is 5.92 Å². The molecule has 19 heavy (non-hydrogen) atoms. The summed E-state index contributed by atoms with van der Waals surface area (Å²) in [6.07, 6.45) is 3.75. The SMILES string of the molecule is CC1CCCC(NS(=O)(=O)c2ccsc2C(=O)O)C1. The Bertz CT molecular complexity index is 564. The molecule has 2 atom stereocenters. The molecule has 1 aromatic rings. The molecule has 2 N–H and O–H groups in total. The van der Waals surface area contributed by atoms with Crippen LogP contribution in [0.5, 0.6) is 0 Å². The number of rotatable bonds is 4. The van der Waals surface area contributed by atoms with Gasteiger partial charge in [0.2, 0.25) is 10.0 Å². The smallest absolute Gasteiger partial charge is 0.347 e. The minimum Gasteiger partial charge on any atom is -0.477 e. The minimum atomic E-state index is -3.74. The lowest BCUT2D eigenvalue weighted by Gasteiger charge is -2.27. The summed E-state index contributed by atoms with van der Waals surface area (Å²) in [5.74, 6) is -0.699. The number of nitrogens with one attached hydrogen (secondary N) is 1. The summed E-state index contributed by atoms with van der Waals surface area (Å²) < 4.78 is 27.1. The van der Waals surface area contributed by atoms with Crippen LogP contribution in [0.4, 0.5) is 0 Å². The minimum absolute atomic E-state index is 0.0877. The zero-order chi connectivity index (χ0) is 14.0. The summed E-state index contributed by atoms with van der Waals surface area (Å²) in [5.41, 5.74) is 0. The average Bonchev–Trinajstić information content (AvgIpc) is 2.77. The Hall–Kier alpha value is -0.920. The largest absolute Gasteiger partial charge is 0.477 e. The first-order chi connectivity index (χ1) is 8.90. The molecule has 0 spiro atoms. The van der Waals surface area contributed by atoms with E-state index in [2.05, 4.69) is 11.6 Å². The molecule has 1 aliphatic rings. The predicted octanol–water partition coefficient (Wildman–Crippen LogP) is 2.30. The lowest BCUT2D eigenvalue weighted by molar-refractivity contribution is 0.0698. The average molecular weight is 303 g/mol. The first-order valence-corrected chi connectivity index (χ1v) is 8.59. The molecule has 1 heterocycles. The van der Waals surface area contributed by atoms with Gasteiger partial charge in [-0.15, -0.1) is 11.3 Å². The van der Waals surface area contributed by atoms with E-state index in [4.69, 9.17) is 5.11 Å². The highest BCUT2D eigenvalue weighted by atomic mass is 32.2. The molecule has 0 radical (unpaired) electrons. The molecular formula is C12H17NO4S2. The number of hydrogen-bond donors (Lipinski definition) is 2. The lowest BCUT2D eigenvalue weighted by Crippen LogP contribution is -2.38. The van der Waals surface area contributed by atoms with Crippen LogP contribution in [0, 0.1) is 5.92 Å². The number of aromatic carboxylic acids is 1. The number of hydrogen-bond acceptors (Lipinski definition) is 4. The van der Waals surface area contributed by atoms with Crippen molar-refractivity contribution >= 4 is 27.3 Å². The Balaban J connectivity index is 2.18. The van der Waals surface area contributed by atoms with Gasteiger partial charge in [-0.1, -0.05) is 19.8 Å². The number of sulfonamides is 1. The number of carbonyl (C=O) groups is 1. The van der Waals surface area contributed by atoms with Gasteiger partial charge < -0.3 is 5.11 Å². The zero-order valence-corrected chi connectivity index (χ0v) is 12.3. The van der Waals surface area contributed by atoms with Gasteiger partial charge in [0.15, 0.2) is 0 Å². The summed E-state index contributed by atoms with van der Waals surface area (Å²) in [5, 5.41) is 10.5. The van der Waals surface area contributed by atoms with E-state index in [0.717, 1.165) is 37.0 Å². The third kappa shape index (κ3) is 3.34. The van der Waals surface area contributed by atoms with Crippen LogP contribution in [-0.2, 0) is 10.0 Å². The van der Waals surface area contributed by atoms with Gasteiger partial charge in [-0.05, 0) is 30.2 Å². The number of carboxylic acids is 1. The summed E-state index contributed by atoms with van der Waals surface area (Å²) >= 11 is 0.928. The summed E-state index contributed by atoms with van der Waals surface area (Å²) in [7, 11) is -3.74. The molecule has 106 valence electrons. The Kier molecular flexibility index (Phi) is 4.27. The van der Waals surface area contributed by atoms with E-state index in [1.54, 1.807) is 0 Å². The third-order valence-corrected chi connectivity index (χ3v) is 5.97. The standard InChI is InChI=1S/C12H17NO4S2/c1-8-3-2-4-9(7-8)13-19(16,17)10-5-6-18-11(10)12(14)15/h5-6,8-9,13H,2-4,7H2,1H3,(H,14,15). The van der Waals surface area contributed by atoms with E-state index in [1.165, 1.54) is 11.4 Å². The molecule has 0 bridgehead atoms. The molecule has 0 aromatic carbocycles. The fourth-order valence-corrected chi connectivity index (χ4v) is 5.03. The fraction of sp³-hybridized carbons (Fsp3) is 0.583. The molecule has 1 aromatic heterocycles. The highest BCUT2D eigenvalue weighted by Crippen LogP contribution is 2.27. The molecule has 0 saturated heterocycles. The van der Waals surface area contributed by atoms with Gasteiger partial charge in [-0.3, -0.25) is 0 Å². The second-order valence-corrected chi connectivity index (χ2v) is 7.61. The summed E-state index contributed by atoms with van der Waals surface area (Å²) in [4.78, 5) is 10.7. The van der Waals surface area contributed by atoms with Gasteiger partial charge in [0.1, 0.15) is 9.77 Å². The van der Waals surface area contributed by atoms with E-state index in [0.29, 0.717) is 5.92 Å².